The van der Waals surface area contributed by atoms with Crippen LogP contribution in [0.15, 0.2) is 73.8 Å². The van der Waals surface area contributed by atoms with Crippen molar-refractivity contribution in [2.45, 2.75) is 0 Å². The quantitative estimate of drug-likeness (QED) is 0.313. The Morgan fingerprint density at radius 2 is 1.08 bits per heavy atom. The molecule has 3 aromatic carbocycles. The first kappa shape index (κ1) is 15.5. The summed E-state index contributed by atoms with van der Waals surface area (Å²) in [6, 6.07) is 14.7. The van der Waals surface area contributed by atoms with Gasteiger partial charge in [-0.2, -0.15) is 0 Å². The van der Waals surface area contributed by atoms with Crippen LogP contribution in [0.1, 0.15) is 0 Å². The van der Waals surface area contributed by atoms with Crippen LogP contribution in [0, 0.1) is 0 Å². The maximum absolute atomic E-state index is 11.3. The summed E-state index contributed by atoms with van der Waals surface area (Å²) in [6.07, 6.45) is 2.23. The van der Waals surface area contributed by atoms with Gasteiger partial charge in [-0.3, -0.25) is 0 Å². The zero-order chi connectivity index (χ0) is 17.1. The van der Waals surface area contributed by atoms with E-state index in [4.69, 9.17) is 9.47 Å². The van der Waals surface area contributed by atoms with Crippen LogP contribution in [-0.2, 0) is 9.59 Å². The number of ether oxygens (including phenoxy) is 2. The second-order valence-corrected chi connectivity index (χ2v) is 5.12. The maximum Gasteiger partial charge on any atom is 0.335 e. The van der Waals surface area contributed by atoms with Gasteiger partial charge in [0.2, 0.25) is 0 Å². The second-order valence-electron chi connectivity index (χ2n) is 5.12. The summed E-state index contributed by atoms with van der Waals surface area (Å²) < 4.78 is 10.3. The predicted molar refractivity (Wildman–Crippen MR) is 93.1 cm³/mol. The summed E-state index contributed by atoms with van der Waals surface area (Å²) in [5.74, 6) is -0.121. The molecule has 24 heavy (non-hydrogen) atoms. The minimum atomic E-state index is -0.506. The second kappa shape index (κ2) is 6.38. The third kappa shape index (κ3) is 3.17. The molecular weight excluding hydrogens is 304 g/mol. The number of fused-ring (bicyclic) bond motifs is 2. The Kier molecular flexibility index (Phi) is 4.12. The van der Waals surface area contributed by atoms with Gasteiger partial charge in [-0.15, -0.1) is 0 Å². The highest BCUT2D eigenvalue weighted by molar-refractivity contribution is 5.99. The molecule has 0 saturated carbocycles. The molecule has 0 aliphatic rings. The van der Waals surface area contributed by atoms with Crippen molar-refractivity contribution < 1.29 is 19.1 Å². The third-order valence-electron chi connectivity index (χ3n) is 3.51. The van der Waals surface area contributed by atoms with E-state index in [9.17, 15) is 9.59 Å². The molecule has 0 spiro atoms. The molecule has 0 heterocycles. The lowest BCUT2D eigenvalue weighted by atomic mass is 10.0. The summed E-state index contributed by atoms with van der Waals surface area (Å²) in [4.78, 5) is 22.6. The first-order valence-electron chi connectivity index (χ1n) is 7.25. The van der Waals surface area contributed by atoms with Gasteiger partial charge in [0.05, 0.1) is 0 Å². The number of hydrogen-bond donors (Lipinski definition) is 0. The van der Waals surface area contributed by atoms with Crippen LogP contribution in [0.2, 0.25) is 0 Å². The van der Waals surface area contributed by atoms with E-state index in [-0.39, 0.29) is 0 Å². The molecule has 0 saturated heterocycles. The highest BCUT2D eigenvalue weighted by Crippen LogP contribution is 2.28. The molecule has 0 unspecified atom stereocenters. The topological polar surface area (TPSA) is 52.6 Å². The van der Waals surface area contributed by atoms with Gasteiger partial charge in [-0.25, -0.2) is 9.59 Å². The molecule has 3 rings (SSSR count). The molecule has 0 fully saturated rings. The van der Waals surface area contributed by atoms with E-state index in [1.54, 1.807) is 24.3 Å². The van der Waals surface area contributed by atoms with Gasteiger partial charge in [0.15, 0.2) is 0 Å². The number of esters is 2. The summed E-state index contributed by atoms with van der Waals surface area (Å²) in [6.45, 7) is 6.75. The molecule has 4 nitrogen and oxygen atoms in total. The lowest BCUT2D eigenvalue weighted by Crippen LogP contribution is -2.03. The van der Waals surface area contributed by atoms with Gasteiger partial charge < -0.3 is 9.47 Å². The summed E-state index contributed by atoms with van der Waals surface area (Å²) in [5.41, 5.74) is 0. The van der Waals surface area contributed by atoms with E-state index in [0.717, 1.165) is 33.7 Å². The van der Waals surface area contributed by atoms with Crippen molar-refractivity contribution in [3.63, 3.8) is 0 Å². The van der Waals surface area contributed by atoms with Crippen molar-refractivity contribution in [2.75, 3.05) is 0 Å². The van der Waals surface area contributed by atoms with E-state index in [1.165, 1.54) is 0 Å². The number of carbonyl (C=O) groups excluding carboxylic acids is 2. The Bertz CT molecular complexity index is 909. The standard InChI is InChI=1S/C20H14O4/c1-3-19(21)23-17-7-5-13-9-14-6-8-18(24-20(22)4-2)12-16(14)10-15(13)11-17/h3-12H,1-2H2. The number of benzene rings is 3. The predicted octanol–water partition coefficient (Wildman–Crippen LogP) is 4.18. The molecule has 0 N–H and O–H groups in total. The largest absolute Gasteiger partial charge is 0.423 e. The van der Waals surface area contributed by atoms with Crippen LogP contribution < -0.4 is 9.47 Å². The van der Waals surface area contributed by atoms with Crippen LogP contribution in [-0.4, -0.2) is 11.9 Å². The molecule has 0 radical (unpaired) electrons. The average Bonchev–Trinajstić information content (AvgIpc) is 2.59. The van der Waals surface area contributed by atoms with Gasteiger partial charge in [0.1, 0.15) is 11.5 Å². The Morgan fingerprint density at radius 3 is 1.50 bits per heavy atom. The lowest BCUT2D eigenvalue weighted by Gasteiger charge is -2.07. The molecule has 0 bridgehead atoms. The van der Waals surface area contributed by atoms with Crippen molar-refractivity contribution >= 4 is 33.5 Å². The van der Waals surface area contributed by atoms with Gasteiger partial charge in [0.25, 0.3) is 0 Å². The number of carbonyl (C=O) groups is 2. The first-order chi connectivity index (χ1) is 11.6. The zero-order valence-corrected chi connectivity index (χ0v) is 12.8. The van der Waals surface area contributed by atoms with Crippen LogP contribution >= 0.6 is 0 Å². The summed E-state index contributed by atoms with van der Waals surface area (Å²) in [7, 11) is 0. The van der Waals surface area contributed by atoms with Crippen molar-refractivity contribution in [1.29, 1.82) is 0 Å². The van der Waals surface area contributed by atoms with Crippen LogP contribution in [0.25, 0.3) is 21.5 Å². The van der Waals surface area contributed by atoms with E-state index >= 15 is 0 Å². The fraction of sp³-hybridized carbons (Fsp3) is 0. The van der Waals surface area contributed by atoms with E-state index in [2.05, 4.69) is 13.2 Å². The molecule has 3 aromatic rings. The average molecular weight is 318 g/mol. The van der Waals surface area contributed by atoms with Crippen LogP contribution in [0.4, 0.5) is 0 Å². The molecule has 118 valence electrons. The third-order valence-corrected chi connectivity index (χ3v) is 3.51. The summed E-state index contributed by atoms with van der Waals surface area (Å²) >= 11 is 0. The number of hydrogen-bond acceptors (Lipinski definition) is 4. The van der Waals surface area contributed by atoms with Crippen molar-refractivity contribution in [2.24, 2.45) is 0 Å². The van der Waals surface area contributed by atoms with Crippen molar-refractivity contribution in [1.82, 2.24) is 0 Å². The molecule has 0 amide bonds. The first-order valence-corrected chi connectivity index (χ1v) is 7.25. The minimum Gasteiger partial charge on any atom is -0.423 e. The Balaban J connectivity index is 2.04. The van der Waals surface area contributed by atoms with Crippen molar-refractivity contribution in [3.05, 3.63) is 73.8 Å². The molecule has 0 aromatic heterocycles. The Morgan fingerprint density at radius 1 is 0.667 bits per heavy atom. The van der Waals surface area contributed by atoms with Gasteiger partial charge in [-0.1, -0.05) is 25.3 Å². The molecule has 0 aliphatic heterocycles. The fourth-order valence-corrected chi connectivity index (χ4v) is 2.40. The highest BCUT2D eigenvalue weighted by Gasteiger charge is 2.05. The lowest BCUT2D eigenvalue weighted by molar-refractivity contribution is -0.129. The highest BCUT2D eigenvalue weighted by atomic mass is 16.5. The minimum absolute atomic E-state index is 0.445. The SMILES string of the molecule is C=CC(=O)Oc1ccc2cc3ccc(OC(=O)C=C)cc3cc2c1. The van der Waals surface area contributed by atoms with Gasteiger partial charge >= 0.3 is 11.9 Å². The maximum atomic E-state index is 11.3. The van der Waals surface area contributed by atoms with E-state index in [1.807, 2.05) is 24.3 Å². The molecule has 0 atom stereocenters. The smallest absolute Gasteiger partial charge is 0.335 e. The Labute approximate surface area is 138 Å². The van der Waals surface area contributed by atoms with E-state index < -0.39 is 11.9 Å². The normalized spacial score (nSPS) is 10.3. The van der Waals surface area contributed by atoms with Gasteiger partial charge in [-0.05, 0) is 57.9 Å². The summed E-state index contributed by atoms with van der Waals surface area (Å²) in [5, 5.41) is 3.83. The zero-order valence-electron chi connectivity index (χ0n) is 12.8. The molecule has 4 heteroatoms. The Hall–Kier alpha value is -3.40. The van der Waals surface area contributed by atoms with Gasteiger partial charge in [0, 0.05) is 12.2 Å². The molecule has 0 aliphatic carbocycles. The van der Waals surface area contributed by atoms with Crippen molar-refractivity contribution in [3.8, 4) is 11.5 Å². The molecular formula is C20H14O4. The van der Waals surface area contributed by atoms with Crippen LogP contribution in [0.5, 0.6) is 11.5 Å². The fourth-order valence-electron chi connectivity index (χ4n) is 2.40. The monoisotopic (exact) mass is 318 g/mol. The van der Waals surface area contributed by atoms with E-state index in [0.29, 0.717) is 11.5 Å². The van der Waals surface area contributed by atoms with Crippen LogP contribution in [0.3, 0.4) is 0 Å². The number of rotatable bonds is 4.